The summed E-state index contributed by atoms with van der Waals surface area (Å²) in [5.41, 5.74) is 13.9. The zero-order valence-electron chi connectivity index (χ0n) is 21.2. The lowest BCUT2D eigenvalue weighted by molar-refractivity contribution is 0.0793. The van der Waals surface area contributed by atoms with E-state index >= 15 is 0 Å². The van der Waals surface area contributed by atoms with Crippen LogP contribution in [0.1, 0.15) is 24.0 Å². The van der Waals surface area contributed by atoms with Crippen molar-refractivity contribution in [2.75, 3.05) is 13.1 Å². The Morgan fingerprint density at radius 1 is 0.895 bits per heavy atom. The number of aromatic nitrogens is 3. The number of aromatic hydroxyl groups is 1. The number of fused-ring (bicyclic) bond motifs is 1. The number of nitrogens with zero attached hydrogens (tertiary/aromatic N) is 4. The second-order valence-corrected chi connectivity index (χ2v) is 9.92. The predicted molar refractivity (Wildman–Crippen MR) is 150 cm³/mol. The van der Waals surface area contributed by atoms with Gasteiger partial charge in [-0.3, -0.25) is 9.47 Å². The number of imidazole rings is 1. The highest BCUT2D eigenvalue weighted by molar-refractivity contribution is 5.89. The predicted octanol–water partition coefficient (Wildman–Crippen LogP) is 4.88. The topological polar surface area (TPSA) is 100 Å². The van der Waals surface area contributed by atoms with Gasteiger partial charge in [0.05, 0.1) is 12.3 Å². The van der Waals surface area contributed by atoms with Crippen molar-refractivity contribution in [3.05, 3.63) is 96.4 Å². The van der Waals surface area contributed by atoms with Crippen LogP contribution in [0.25, 0.3) is 39.1 Å². The molecule has 0 bridgehead atoms. The molecule has 5 aromatic rings. The smallest absolute Gasteiger partial charge is 0.168 e. The molecule has 2 aromatic heterocycles. The first kappa shape index (κ1) is 24.3. The number of aliphatic hydroxyl groups is 1. The van der Waals surface area contributed by atoms with Crippen molar-refractivity contribution in [1.82, 2.24) is 19.4 Å². The maximum atomic E-state index is 11.3. The summed E-state index contributed by atoms with van der Waals surface area (Å²) in [5, 5.41) is 21.2. The van der Waals surface area contributed by atoms with Crippen molar-refractivity contribution >= 4 is 11.0 Å². The summed E-state index contributed by atoms with van der Waals surface area (Å²) in [6.07, 6.45) is 4.89. The van der Waals surface area contributed by atoms with Crippen LogP contribution in [-0.4, -0.2) is 48.8 Å². The molecular weight excluding hydrogens is 474 g/mol. The number of benzene rings is 3. The summed E-state index contributed by atoms with van der Waals surface area (Å²) in [7, 11) is 0. The van der Waals surface area contributed by atoms with Gasteiger partial charge in [-0.25, -0.2) is 9.97 Å². The number of pyridine rings is 1. The lowest BCUT2D eigenvalue weighted by Gasteiger charge is -2.30. The van der Waals surface area contributed by atoms with Gasteiger partial charge in [-0.05, 0) is 47.2 Å². The highest BCUT2D eigenvalue weighted by Gasteiger charge is 2.19. The van der Waals surface area contributed by atoms with E-state index in [-0.39, 0.29) is 11.9 Å². The number of hydrogen-bond donors (Lipinski definition) is 3. The summed E-state index contributed by atoms with van der Waals surface area (Å²) < 4.78 is 1.87. The van der Waals surface area contributed by atoms with Crippen LogP contribution in [0.2, 0.25) is 0 Å². The van der Waals surface area contributed by atoms with Gasteiger partial charge in [0.2, 0.25) is 0 Å². The molecule has 1 aliphatic rings. The van der Waals surface area contributed by atoms with Crippen molar-refractivity contribution in [3.8, 4) is 33.8 Å². The largest absolute Gasteiger partial charge is 0.504 e. The fraction of sp³-hybridized carbons (Fsp3) is 0.226. The molecule has 1 saturated heterocycles. The average Bonchev–Trinajstić information content (AvgIpc) is 3.40. The van der Waals surface area contributed by atoms with Gasteiger partial charge in [0.15, 0.2) is 5.75 Å². The Labute approximate surface area is 221 Å². The molecule has 1 fully saturated rings. The molecular formula is C31H31N5O2. The first-order valence-electron chi connectivity index (χ1n) is 13.0. The molecule has 7 heteroatoms. The molecule has 0 aliphatic carbocycles. The highest BCUT2D eigenvalue weighted by Crippen LogP contribution is 2.36. The van der Waals surface area contributed by atoms with Crippen LogP contribution in [0, 0.1) is 0 Å². The van der Waals surface area contributed by atoms with Crippen molar-refractivity contribution < 1.29 is 10.2 Å². The van der Waals surface area contributed by atoms with Gasteiger partial charge in [0.25, 0.3) is 0 Å². The van der Waals surface area contributed by atoms with Crippen LogP contribution in [0.4, 0.5) is 0 Å². The van der Waals surface area contributed by atoms with Crippen LogP contribution >= 0.6 is 0 Å². The van der Waals surface area contributed by atoms with E-state index in [9.17, 15) is 10.2 Å². The van der Waals surface area contributed by atoms with Gasteiger partial charge >= 0.3 is 0 Å². The Morgan fingerprint density at radius 3 is 2.45 bits per heavy atom. The molecule has 38 heavy (non-hydrogen) atoms. The van der Waals surface area contributed by atoms with Gasteiger partial charge < -0.3 is 15.9 Å². The van der Waals surface area contributed by atoms with Crippen molar-refractivity contribution in [2.45, 2.75) is 32.0 Å². The maximum absolute atomic E-state index is 11.3. The minimum atomic E-state index is -0.173. The van der Waals surface area contributed by atoms with Crippen molar-refractivity contribution in [1.29, 1.82) is 0 Å². The molecule has 0 spiro atoms. The van der Waals surface area contributed by atoms with Gasteiger partial charge in [-0.2, -0.15) is 0 Å². The summed E-state index contributed by atoms with van der Waals surface area (Å²) in [6.45, 7) is 3.12. The number of likely N-dealkylation sites (tertiary alicyclic amines) is 1. The summed E-state index contributed by atoms with van der Waals surface area (Å²) in [4.78, 5) is 11.4. The Kier molecular flexibility index (Phi) is 6.64. The number of rotatable bonds is 6. The lowest BCUT2D eigenvalue weighted by Crippen LogP contribution is -2.35. The minimum Gasteiger partial charge on any atom is -0.504 e. The third-order valence-electron chi connectivity index (χ3n) is 7.42. The van der Waals surface area contributed by atoms with E-state index in [2.05, 4.69) is 51.3 Å². The average molecular weight is 506 g/mol. The van der Waals surface area contributed by atoms with Gasteiger partial charge in [-0.15, -0.1) is 0 Å². The van der Waals surface area contributed by atoms with Crippen LogP contribution < -0.4 is 5.73 Å². The Bertz CT molecular complexity index is 1570. The van der Waals surface area contributed by atoms with Crippen LogP contribution in [0.5, 0.6) is 5.75 Å². The molecule has 3 aromatic carbocycles. The van der Waals surface area contributed by atoms with E-state index in [1.165, 1.54) is 11.1 Å². The van der Waals surface area contributed by atoms with Crippen molar-refractivity contribution in [3.63, 3.8) is 0 Å². The van der Waals surface area contributed by atoms with Crippen LogP contribution in [-0.2, 0) is 13.1 Å². The van der Waals surface area contributed by atoms with E-state index < -0.39 is 0 Å². The Hall–Kier alpha value is -4.04. The monoisotopic (exact) mass is 505 g/mol. The third-order valence-corrected chi connectivity index (χ3v) is 7.42. The Morgan fingerprint density at radius 2 is 1.66 bits per heavy atom. The molecule has 7 nitrogen and oxygen atoms in total. The quantitative estimate of drug-likeness (QED) is 0.304. The Balaban J connectivity index is 1.32. The molecule has 0 atom stereocenters. The second kappa shape index (κ2) is 10.4. The molecule has 6 rings (SSSR count). The fourth-order valence-electron chi connectivity index (χ4n) is 5.30. The van der Waals surface area contributed by atoms with Gasteiger partial charge in [0, 0.05) is 37.4 Å². The number of piperidine rings is 1. The SMILES string of the molecule is NCc1cccc(-n2cnc3cnc(-c4ccc(-c5ccccc5CN5CCC(O)CC5)cc4)c(O)c32)c1. The molecule has 0 radical (unpaired) electrons. The number of hydrogen-bond acceptors (Lipinski definition) is 6. The highest BCUT2D eigenvalue weighted by atomic mass is 16.3. The van der Waals surface area contributed by atoms with E-state index in [1.807, 2.05) is 41.0 Å². The van der Waals surface area contributed by atoms with Crippen LogP contribution in [0.3, 0.4) is 0 Å². The molecule has 0 unspecified atom stereocenters. The normalized spacial score (nSPS) is 14.8. The van der Waals surface area contributed by atoms with Gasteiger partial charge in [0.1, 0.15) is 23.1 Å². The fourth-order valence-corrected chi connectivity index (χ4v) is 5.30. The summed E-state index contributed by atoms with van der Waals surface area (Å²) in [5.74, 6) is 0.0959. The zero-order valence-corrected chi connectivity index (χ0v) is 21.2. The van der Waals surface area contributed by atoms with E-state index in [0.717, 1.165) is 54.9 Å². The van der Waals surface area contributed by atoms with Gasteiger partial charge in [-0.1, -0.05) is 60.7 Å². The number of nitrogens with two attached hydrogens (primary N) is 1. The second-order valence-electron chi connectivity index (χ2n) is 9.92. The molecule has 0 amide bonds. The summed E-state index contributed by atoms with van der Waals surface area (Å²) in [6, 6.07) is 24.6. The summed E-state index contributed by atoms with van der Waals surface area (Å²) >= 11 is 0. The maximum Gasteiger partial charge on any atom is 0.168 e. The van der Waals surface area contributed by atoms with E-state index in [4.69, 9.17) is 5.73 Å². The molecule has 192 valence electrons. The number of aliphatic hydroxyl groups excluding tert-OH is 1. The van der Waals surface area contributed by atoms with Crippen molar-refractivity contribution in [2.24, 2.45) is 5.73 Å². The van der Waals surface area contributed by atoms with Crippen LogP contribution in [0.15, 0.2) is 85.3 Å². The molecule has 0 saturated carbocycles. The molecule has 4 N–H and O–H groups in total. The van der Waals surface area contributed by atoms with E-state index in [1.54, 1.807) is 12.5 Å². The molecule has 3 heterocycles. The third kappa shape index (κ3) is 4.67. The molecule has 1 aliphatic heterocycles. The standard InChI is InChI=1S/C31H31N5O2/c32-17-21-4-3-6-25(16-21)36-20-34-28-18-33-29(31(38)30(28)36)23-10-8-22(9-11-23)27-7-2-1-5-24(27)19-35-14-12-26(37)13-15-35/h1-11,16,18,20,26,37-38H,12-15,17,19,32H2. The first-order valence-corrected chi connectivity index (χ1v) is 13.0. The lowest BCUT2D eigenvalue weighted by atomic mass is 9.97. The zero-order chi connectivity index (χ0) is 26.1. The first-order chi connectivity index (χ1) is 18.6. The van der Waals surface area contributed by atoms with E-state index in [0.29, 0.717) is 23.3 Å². The minimum absolute atomic E-state index is 0.0959.